The fourth-order valence-corrected chi connectivity index (χ4v) is 3.69. The highest BCUT2D eigenvalue weighted by molar-refractivity contribution is 6.16. The fourth-order valence-electron chi connectivity index (χ4n) is 3.49. The molecule has 3 rings (SSSR count). The first-order valence-corrected chi connectivity index (χ1v) is 8.15. The van der Waals surface area contributed by atoms with Crippen molar-refractivity contribution >= 4 is 22.8 Å². The molecule has 0 spiro atoms. The smallest absolute Gasteiger partial charge is 0.160 e. The van der Waals surface area contributed by atoms with Gasteiger partial charge in [-0.1, -0.05) is 12.8 Å². The van der Waals surface area contributed by atoms with E-state index < -0.39 is 0 Å². The Balaban J connectivity index is 2.08. The molecule has 21 heavy (non-hydrogen) atoms. The Morgan fingerprint density at radius 1 is 1.24 bits per heavy atom. The van der Waals surface area contributed by atoms with Crippen molar-refractivity contribution in [2.45, 2.75) is 50.6 Å². The van der Waals surface area contributed by atoms with Crippen LogP contribution in [0.1, 0.15) is 37.2 Å². The zero-order valence-corrected chi connectivity index (χ0v) is 13.8. The fraction of sp³-hybridized carbons (Fsp3) is 0.625. The molecule has 2 heterocycles. The van der Waals surface area contributed by atoms with Gasteiger partial charge in [0.25, 0.3) is 0 Å². The molecule has 0 atom stereocenters. The minimum Gasteiger partial charge on any atom is -0.310 e. The predicted molar refractivity (Wildman–Crippen MR) is 86.7 cm³/mol. The zero-order valence-electron chi connectivity index (χ0n) is 13.1. The van der Waals surface area contributed by atoms with E-state index in [0.717, 1.165) is 29.2 Å². The third-order valence-electron chi connectivity index (χ3n) is 4.87. The van der Waals surface area contributed by atoms with Crippen LogP contribution < -0.4 is 0 Å². The van der Waals surface area contributed by atoms with Gasteiger partial charge in [0.1, 0.15) is 11.3 Å². The molecule has 5 heteroatoms. The van der Waals surface area contributed by atoms with Gasteiger partial charge >= 0.3 is 0 Å². The van der Waals surface area contributed by atoms with Gasteiger partial charge in [0.2, 0.25) is 0 Å². The molecule has 0 N–H and O–H groups in total. The lowest BCUT2D eigenvalue weighted by Crippen LogP contribution is -2.45. The molecule has 2 aromatic rings. The van der Waals surface area contributed by atoms with E-state index in [1.807, 2.05) is 19.1 Å². The van der Waals surface area contributed by atoms with Crippen molar-refractivity contribution in [3.05, 3.63) is 23.7 Å². The summed E-state index contributed by atoms with van der Waals surface area (Å²) in [6.45, 7) is 2.95. The van der Waals surface area contributed by atoms with Crippen molar-refractivity contribution in [2.24, 2.45) is 0 Å². The van der Waals surface area contributed by atoms with Crippen molar-refractivity contribution in [1.29, 1.82) is 0 Å². The summed E-state index contributed by atoms with van der Waals surface area (Å²) in [6.07, 6.45) is 5.06. The average molecular weight is 307 g/mol. The van der Waals surface area contributed by atoms with Crippen LogP contribution in [0.15, 0.2) is 12.1 Å². The van der Waals surface area contributed by atoms with E-state index in [2.05, 4.69) is 28.5 Å². The van der Waals surface area contributed by atoms with Crippen LogP contribution in [0, 0.1) is 6.92 Å². The highest BCUT2D eigenvalue weighted by Crippen LogP contribution is 2.36. The van der Waals surface area contributed by atoms with Gasteiger partial charge in [-0.25, -0.2) is 9.97 Å². The number of halogens is 1. The van der Waals surface area contributed by atoms with Crippen LogP contribution in [-0.4, -0.2) is 39.1 Å². The highest BCUT2D eigenvalue weighted by atomic mass is 35.5. The molecule has 0 radical (unpaired) electrons. The van der Waals surface area contributed by atoms with Gasteiger partial charge in [0.15, 0.2) is 5.65 Å². The maximum absolute atomic E-state index is 6.13. The van der Waals surface area contributed by atoms with Crippen LogP contribution in [0.25, 0.3) is 11.2 Å². The predicted octanol–water partition coefficient (Wildman–Crippen LogP) is 3.35. The van der Waals surface area contributed by atoms with Crippen molar-refractivity contribution < 1.29 is 0 Å². The van der Waals surface area contributed by atoms with E-state index in [-0.39, 0.29) is 5.54 Å². The summed E-state index contributed by atoms with van der Waals surface area (Å²) in [7, 11) is 4.37. The second-order valence-electron chi connectivity index (χ2n) is 6.37. The molecule has 0 aromatic carbocycles. The standard InChI is InChI=1S/C16H23ClN4/c1-12-6-7-13-15(18-12)21(14(10-17)19-13)11-16(20(2)3)8-4-5-9-16/h6-7H,4-5,8-11H2,1-3H3. The van der Waals surface area contributed by atoms with E-state index in [0.29, 0.717) is 5.88 Å². The van der Waals surface area contributed by atoms with Gasteiger partial charge in [0.05, 0.1) is 5.88 Å². The molecule has 4 nitrogen and oxygen atoms in total. The second kappa shape index (κ2) is 5.58. The van der Waals surface area contributed by atoms with Crippen molar-refractivity contribution in [3.63, 3.8) is 0 Å². The maximum Gasteiger partial charge on any atom is 0.160 e. The Bertz CT molecular complexity index is 641. The molecule has 0 unspecified atom stereocenters. The molecule has 114 valence electrons. The lowest BCUT2D eigenvalue weighted by Gasteiger charge is -2.37. The van der Waals surface area contributed by atoms with Gasteiger partial charge in [-0.2, -0.15) is 0 Å². The summed E-state index contributed by atoms with van der Waals surface area (Å²) < 4.78 is 2.24. The van der Waals surface area contributed by atoms with Crippen molar-refractivity contribution in [2.75, 3.05) is 14.1 Å². The number of aryl methyl sites for hydroxylation is 1. The summed E-state index contributed by atoms with van der Waals surface area (Å²) >= 11 is 6.13. The number of rotatable bonds is 4. The number of likely N-dealkylation sites (N-methyl/N-ethyl adjacent to an activating group) is 1. The van der Waals surface area contributed by atoms with E-state index in [4.69, 9.17) is 16.6 Å². The minimum atomic E-state index is 0.208. The van der Waals surface area contributed by atoms with Crippen molar-refractivity contribution in [3.8, 4) is 0 Å². The molecule has 1 aliphatic rings. The van der Waals surface area contributed by atoms with Crippen LogP contribution in [0.5, 0.6) is 0 Å². The summed E-state index contributed by atoms with van der Waals surface area (Å²) in [5.41, 5.74) is 3.15. The van der Waals surface area contributed by atoms with E-state index in [1.165, 1.54) is 25.7 Å². The molecule has 1 fully saturated rings. The number of pyridine rings is 1. The molecule has 1 aliphatic carbocycles. The molecule has 1 saturated carbocycles. The molecular weight excluding hydrogens is 284 g/mol. The molecule has 0 amide bonds. The molecular formula is C16H23ClN4. The lowest BCUT2D eigenvalue weighted by atomic mass is 9.96. The summed E-state index contributed by atoms with van der Waals surface area (Å²) in [4.78, 5) is 11.7. The molecule has 0 aliphatic heterocycles. The first kappa shape index (κ1) is 14.8. The Morgan fingerprint density at radius 2 is 1.95 bits per heavy atom. The normalized spacial score (nSPS) is 18.0. The SMILES string of the molecule is Cc1ccc2nc(CCl)n(CC3(N(C)C)CCCC3)c2n1. The molecule has 2 aromatic heterocycles. The van der Waals surface area contributed by atoms with Gasteiger partial charge in [-0.15, -0.1) is 11.6 Å². The number of hydrogen-bond acceptors (Lipinski definition) is 3. The minimum absolute atomic E-state index is 0.208. The van der Waals surface area contributed by atoms with Crippen molar-refractivity contribution in [1.82, 2.24) is 19.4 Å². The topological polar surface area (TPSA) is 34.0 Å². The first-order chi connectivity index (χ1) is 10.1. The van der Waals surface area contributed by atoms with Gasteiger partial charge in [0, 0.05) is 17.8 Å². The Hall–Kier alpha value is -1.13. The average Bonchev–Trinajstić information content (AvgIpc) is 3.05. The lowest BCUT2D eigenvalue weighted by molar-refractivity contribution is 0.134. The third kappa shape index (κ3) is 2.55. The van der Waals surface area contributed by atoms with E-state index in [1.54, 1.807) is 0 Å². The zero-order chi connectivity index (χ0) is 15.0. The number of fused-ring (bicyclic) bond motifs is 1. The molecule has 0 saturated heterocycles. The second-order valence-corrected chi connectivity index (χ2v) is 6.64. The monoisotopic (exact) mass is 306 g/mol. The maximum atomic E-state index is 6.13. The highest BCUT2D eigenvalue weighted by Gasteiger charge is 2.37. The van der Waals surface area contributed by atoms with E-state index in [9.17, 15) is 0 Å². The summed E-state index contributed by atoms with van der Waals surface area (Å²) in [6, 6.07) is 4.05. The number of alkyl halides is 1. The van der Waals surface area contributed by atoms with Crippen LogP contribution >= 0.6 is 11.6 Å². The molecule has 0 bridgehead atoms. The summed E-state index contributed by atoms with van der Waals surface area (Å²) in [5, 5.41) is 0. The number of hydrogen-bond donors (Lipinski definition) is 0. The number of aromatic nitrogens is 3. The summed E-state index contributed by atoms with van der Waals surface area (Å²) in [5.74, 6) is 1.36. The van der Waals surface area contributed by atoms with E-state index >= 15 is 0 Å². The van der Waals surface area contributed by atoms with Crippen LogP contribution in [0.2, 0.25) is 0 Å². The first-order valence-electron chi connectivity index (χ1n) is 7.62. The quantitative estimate of drug-likeness (QED) is 0.812. The third-order valence-corrected chi connectivity index (χ3v) is 5.10. The number of nitrogens with zero attached hydrogens (tertiary/aromatic N) is 4. The van der Waals surface area contributed by atoms with Gasteiger partial charge in [-0.05, 0) is 46.0 Å². The largest absolute Gasteiger partial charge is 0.310 e. The Morgan fingerprint density at radius 3 is 2.57 bits per heavy atom. The van der Waals surface area contributed by atoms with Gasteiger partial charge < -0.3 is 9.47 Å². The Labute approximate surface area is 131 Å². The van der Waals surface area contributed by atoms with Crippen LogP contribution in [0.4, 0.5) is 0 Å². The Kier molecular flexibility index (Phi) is 3.93. The van der Waals surface area contributed by atoms with Gasteiger partial charge in [-0.3, -0.25) is 0 Å². The van der Waals surface area contributed by atoms with Crippen LogP contribution in [0.3, 0.4) is 0 Å². The number of imidazole rings is 1. The van der Waals surface area contributed by atoms with Crippen LogP contribution in [-0.2, 0) is 12.4 Å².